The Morgan fingerprint density at radius 1 is 1.03 bits per heavy atom. The van der Waals surface area contributed by atoms with Crippen LogP contribution in [-0.2, 0) is 4.79 Å². The summed E-state index contributed by atoms with van der Waals surface area (Å²) in [6, 6.07) is 9.71. The van der Waals surface area contributed by atoms with Gasteiger partial charge in [0.1, 0.15) is 17.2 Å². The fourth-order valence-electron chi connectivity index (χ4n) is 3.94. The van der Waals surface area contributed by atoms with Gasteiger partial charge in [0.25, 0.3) is 0 Å². The predicted molar refractivity (Wildman–Crippen MR) is 124 cm³/mol. The molecule has 0 atom stereocenters. The molecule has 0 saturated carbocycles. The van der Waals surface area contributed by atoms with E-state index < -0.39 is 0 Å². The van der Waals surface area contributed by atoms with Crippen molar-refractivity contribution in [3.05, 3.63) is 48.4 Å². The van der Waals surface area contributed by atoms with E-state index in [0.29, 0.717) is 54.7 Å². The van der Waals surface area contributed by atoms with Gasteiger partial charge in [-0.25, -0.2) is 14.4 Å². The molecule has 10 nitrogen and oxygen atoms in total. The molecular weight excluding hydrogens is 425 g/mol. The lowest BCUT2D eigenvalue weighted by Gasteiger charge is -2.36. The van der Waals surface area contributed by atoms with E-state index in [1.807, 2.05) is 6.07 Å². The van der Waals surface area contributed by atoms with Crippen molar-refractivity contribution in [2.24, 2.45) is 0 Å². The van der Waals surface area contributed by atoms with Gasteiger partial charge in [0.2, 0.25) is 11.9 Å². The summed E-state index contributed by atoms with van der Waals surface area (Å²) in [6.07, 6.45) is 1.71. The van der Waals surface area contributed by atoms with E-state index in [-0.39, 0.29) is 17.7 Å². The van der Waals surface area contributed by atoms with Gasteiger partial charge >= 0.3 is 0 Å². The fourth-order valence-corrected chi connectivity index (χ4v) is 3.94. The van der Waals surface area contributed by atoms with Crippen LogP contribution >= 0.6 is 0 Å². The van der Waals surface area contributed by atoms with Crippen LogP contribution in [0.5, 0.6) is 0 Å². The molecule has 0 radical (unpaired) electrons. The Morgan fingerprint density at radius 2 is 1.73 bits per heavy atom. The highest BCUT2D eigenvalue weighted by molar-refractivity contribution is 5.92. The largest absolute Gasteiger partial charge is 0.368 e. The minimum atomic E-state index is -0.313. The van der Waals surface area contributed by atoms with Gasteiger partial charge in [-0.2, -0.15) is 9.97 Å². The Kier molecular flexibility index (Phi) is 5.21. The molecule has 1 saturated heterocycles. The minimum Gasteiger partial charge on any atom is -0.368 e. The van der Waals surface area contributed by atoms with Crippen LogP contribution in [0.25, 0.3) is 22.6 Å². The Hall–Kier alpha value is -4.28. The maximum absolute atomic E-state index is 13.3. The molecule has 4 heterocycles. The smallest absolute Gasteiger partial charge is 0.224 e. The molecule has 0 spiro atoms. The van der Waals surface area contributed by atoms with Crippen molar-refractivity contribution in [3.8, 4) is 11.4 Å². The highest BCUT2D eigenvalue weighted by Gasteiger charge is 2.24. The van der Waals surface area contributed by atoms with Crippen molar-refractivity contribution in [1.29, 1.82) is 0 Å². The Bertz CT molecular complexity index is 1310. The normalized spacial score (nSPS) is 14.0. The Balaban J connectivity index is 1.41. The summed E-state index contributed by atoms with van der Waals surface area (Å²) in [5, 5.41) is 2.84. The first kappa shape index (κ1) is 20.6. The number of nitrogen functional groups attached to an aromatic ring is 1. The van der Waals surface area contributed by atoms with Crippen LogP contribution in [0.2, 0.25) is 0 Å². The van der Waals surface area contributed by atoms with Crippen molar-refractivity contribution in [1.82, 2.24) is 24.9 Å². The zero-order valence-electron chi connectivity index (χ0n) is 17.9. The van der Waals surface area contributed by atoms with E-state index in [0.717, 1.165) is 11.4 Å². The van der Waals surface area contributed by atoms with E-state index in [4.69, 9.17) is 5.73 Å². The summed E-state index contributed by atoms with van der Waals surface area (Å²) >= 11 is 0. The van der Waals surface area contributed by atoms with Crippen LogP contribution in [0.15, 0.2) is 42.6 Å². The highest BCUT2D eigenvalue weighted by Crippen LogP contribution is 2.29. The Labute approximate surface area is 188 Å². The lowest BCUT2D eigenvalue weighted by atomic mass is 10.2. The van der Waals surface area contributed by atoms with E-state index >= 15 is 0 Å². The number of imidazole rings is 1. The van der Waals surface area contributed by atoms with Crippen LogP contribution in [0.1, 0.15) is 6.92 Å². The first-order chi connectivity index (χ1) is 16.0. The number of pyridine rings is 1. The molecule has 5 rings (SSSR count). The standard InChI is InChI=1S/C22H22FN9O/c1-13(33)26-16-3-2-8-25-20(16)31-9-11-32(12-10-31)21-17-19(29-22(24)30-21)28-18(27-17)14-4-6-15(23)7-5-14/h2-8H,9-12H2,1H3,(H,26,33)(H3,24,27,28,29,30). The zero-order valence-corrected chi connectivity index (χ0v) is 17.9. The van der Waals surface area contributed by atoms with E-state index in [1.165, 1.54) is 19.1 Å². The number of piperazine rings is 1. The lowest BCUT2D eigenvalue weighted by molar-refractivity contribution is -0.114. The summed E-state index contributed by atoms with van der Waals surface area (Å²) in [5.74, 6) is 1.65. The van der Waals surface area contributed by atoms with Crippen molar-refractivity contribution >= 4 is 40.3 Å². The number of rotatable bonds is 4. The number of nitrogens with zero attached hydrogens (tertiary/aromatic N) is 6. The molecule has 0 bridgehead atoms. The third-order valence-electron chi connectivity index (χ3n) is 5.44. The number of nitrogens with one attached hydrogen (secondary N) is 2. The molecule has 33 heavy (non-hydrogen) atoms. The zero-order chi connectivity index (χ0) is 22.9. The first-order valence-corrected chi connectivity index (χ1v) is 10.5. The third kappa shape index (κ3) is 4.12. The number of anilines is 4. The number of benzene rings is 1. The average Bonchev–Trinajstić information content (AvgIpc) is 3.23. The molecule has 1 fully saturated rings. The first-order valence-electron chi connectivity index (χ1n) is 10.5. The number of nitrogens with two attached hydrogens (primary N) is 1. The second-order valence-electron chi connectivity index (χ2n) is 7.73. The van der Waals surface area contributed by atoms with Crippen LogP contribution in [0.4, 0.5) is 27.7 Å². The molecule has 11 heteroatoms. The number of carbonyl (C=O) groups excluding carboxylic acids is 1. The summed E-state index contributed by atoms with van der Waals surface area (Å²) < 4.78 is 13.3. The summed E-state index contributed by atoms with van der Waals surface area (Å²) in [6.45, 7) is 4.14. The van der Waals surface area contributed by atoms with Crippen molar-refractivity contribution in [2.45, 2.75) is 6.92 Å². The summed E-state index contributed by atoms with van der Waals surface area (Å²) in [7, 11) is 0. The second-order valence-corrected chi connectivity index (χ2v) is 7.73. The van der Waals surface area contributed by atoms with Gasteiger partial charge in [0, 0.05) is 44.9 Å². The molecule has 168 valence electrons. The van der Waals surface area contributed by atoms with Gasteiger partial charge in [-0.05, 0) is 36.4 Å². The number of halogens is 1. The van der Waals surface area contributed by atoms with Gasteiger partial charge in [0.05, 0.1) is 5.69 Å². The number of hydrogen-bond acceptors (Lipinski definition) is 8. The molecule has 1 aromatic carbocycles. The molecule has 1 aliphatic heterocycles. The van der Waals surface area contributed by atoms with Gasteiger partial charge in [-0.3, -0.25) is 4.79 Å². The number of carbonyl (C=O) groups is 1. The topological polar surface area (TPSA) is 129 Å². The van der Waals surface area contributed by atoms with Crippen LogP contribution < -0.4 is 20.9 Å². The predicted octanol–water partition coefficient (Wildman–Crippen LogP) is 2.42. The van der Waals surface area contributed by atoms with Crippen LogP contribution in [-0.4, -0.2) is 57.0 Å². The third-order valence-corrected chi connectivity index (χ3v) is 5.44. The Morgan fingerprint density at radius 3 is 2.42 bits per heavy atom. The number of fused-ring (bicyclic) bond motifs is 1. The molecule has 4 N–H and O–H groups in total. The molecule has 1 aliphatic rings. The summed E-state index contributed by atoms with van der Waals surface area (Å²) in [5.41, 5.74) is 8.53. The number of aromatic amines is 1. The minimum absolute atomic E-state index is 0.134. The average molecular weight is 447 g/mol. The lowest BCUT2D eigenvalue weighted by Crippen LogP contribution is -2.47. The van der Waals surface area contributed by atoms with E-state index in [1.54, 1.807) is 24.4 Å². The van der Waals surface area contributed by atoms with Gasteiger partial charge in [-0.15, -0.1) is 0 Å². The van der Waals surface area contributed by atoms with Gasteiger partial charge in [-0.1, -0.05) is 0 Å². The number of amides is 1. The monoisotopic (exact) mass is 447 g/mol. The quantitative estimate of drug-likeness (QED) is 0.435. The maximum atomic E-state index is 13.3. The summed E-state index contributed by atoms with van der Waals surface area (Å²) in [4.78, 5) is 36.8. The van der Waals surface area contributed by atoms with Crippen molar-refractivity contribution in [3.63, 3.8) is 0 Å². The number of H-pyrrole nitrogens is 1. The fraction of sp³-hybridized carbons (Fsp3) is 0.227. The molecular formula is C22H22FN9O. The van der Waals surface area contributed by atoms with Crippen LogP contribution in [0.3, 0.4) is 0 Å². The van der Waals surface area contributed by atoms with Gasteiger partial charge in [0.15, 0.2) is 17.3 Å². The molecule has 1 amide bonds. The molecule has 0 aliphatic carbocycles. The molecule has 4 aromatic rings. The SMILES string of the molecule is CC(=O)Nc1cccnc1N1CCN(c2nc(N)nc3nc(-c4ccc(F)cc4)[nH]c23)CC1. The number of aromatic nitrogens is 5. The van der Waals surface area contributed by atoms with E-state index in [2.05, 4.69) is 40.0 Å². The maximum Gasteiger partial charge on any atom is 0.224 e. The second kappa shape index (κ2) is 8.34. The molecule has 0 unspecified atom stereocenters. The van der Waals surface area contributed by atoms with Crippen molar-refractivity contribution < 1.29 is 9.18 Å². The van der Waals surface area contributed by atoms with Crippen LogP contribution in [0, 0.1) is 5.82 Å². The highest BCUT2D eigenvalue weighted by atomic mass is 19.1. The van der Waals surface area contributed by atoms with Crippen molar-refractivity contribution in [2.75, 3.05) is 47.0 Å². The molecule has 3 aromatic heterocycles. The van der Waals surface area contributed by atoms with E-state index in [9.17, 15) is 9.18 Å². The number of hydrogen-bond donors (Lipinski definition) is 3. The van der Waals surface area contributed by atoms with Gasteiger partial charge < -0.3 is 25.8 Å².